The molecule has 144 valence electrons. The molecule has 4 nitrogen and oxygen atoms in total. The summed E-state index contributed by atoms with van der Waals surface area (Å²) in [7, 11) is 0. The highest BCUT2D eigenvalue weighted by atomic mass is 79.9. The SMILES string of the molecule is CC(C)c1cccc(C(C)C)c1NC(=O)COC(=O)c1ccc(F)cc1Br. The predicted molar refractivity (Wildman–Crippen MR) is 108 cm³/mol. The molecule has 0 aliphatic carbocycles. The number of benzene rings is 2. The van der Waals surface area contributed by atoms with Crippen LogP contribution in [0.5, 0.6) is 0 Å². The predicted octanol–water partition coefficient (Wildman–Crippen LogP) is 5.63. The largest absolute Gasteiger partial charge is 0.452 e. The Labute approximate surface area is 167 Å². The van der Waals surface area contributed by atoms with E-state index in [1.54, 1.807) is 0 Å². The molecule has 0 atom stereocenters. The van der Waals surface area contributed by atoms with Crippen molar-refractivity contribution in [2.75, 3.05) is 11.9 Å². The molecule has 0 fully saturated rings. The molecule has 0 saturated carbocycles. The highest BCUT2D eigenvalue weighted by molar-refractivity contribution is 9.10. The number of nitrogens with one attached hydrogen (secondary N) is 1. The van der Waals surface area contributed by atoms with E-state index in [1.165, 1.54) is 12.1 Å². The fraction of sp³-hybridized carbons (Fsp3) is 0.333. The number of amides is 1. The lowest BCUT2D eigenvalue weighted by Crippen LogP contribution is -2.23. The van der Waals surface area contributed by atoms with E-state index in [2.05, 4.69) is 48.9 Å². The number of para-hydroxylation sites is 1. The molecule has 0 saturated heterocycles. The number of carbonyl (C=O) groups is 2. The summed E-state index contributed by atoms with van der Waals surface area (Å²) in [6, 6.07) is 9.58. The van der Waals surface area contributed by atoms with Crippen molar-refractivity contribution in [1.82, 2.24) is 0 Å². The van der Waals surface area contributed by atoms with E-state index in [9.17, 15) is 14.0 Å². The van der Waals surface area contributed by atoms with Crippen molar-refractivity contribution in [3.63, 3.8) is 0 Å². The van der Waals surface area contributed by atoms with E-state index in [0.29, 0.717) is 0 Å². The molecule has 0 radical (unpaired) electrons. The average molecular weight is 436 g/mol. The van der Waals surface area contributed by atoms with E-state index < -0.39 is 24.3 Å². The number of anilines is 1. The quantitative estimate of drug-likeness (QED) is 0.598. The van der Waals surface area contributed by atoms with Gasteiger partial charge in [-0.05, 0) is 57.1 Å². The first-order valence-electron chi connectivity index (χ1n) is 8.75. The number of ether oxygens (including phenoxy) is 1. The van der Waals surface area contributed by atoms with Crippen LogP contribution in [0.25, 0.3) is 0 Å². The molecule has 0 spiro atoms. The van der Waals surface area contributed by atoms with Crippen molar-refractivity contribution in [3.8, 4) is 0 Å². The van der Waals surface area contributed by atoms with Gasteiger partial charge in [0.15, 0.2) is 6.61 Å². The summed E-state index contributed by atoms with van der Waals surface area (Å²) in [6.07, 6.45) is 0. The van der Waals surface area contributed by atoms with Gasteiger partial charge in [-0.15, -0.1) is 0 Å². The zero-order valence-corrected chi connectivity index (χ0v) is 17.4. The Kier molecular flexibility index (Phi) is 7.13. The molecule has 2 aromatic carbocycles. The topological polar surface area (TPSA) is 55.4 Å². The lowest BCUT2D eigenvalue weighted by atomic mass is 9.92. The highest BCUT2D eigenvalue weighted by Crippen LogP contribution is 2.32. The number of carbonyl (C=O) groups excluding carboxylic acids is 2. The number of hydrogen-bond donors (Lipinski definition) is 1. The Morgan fingerprint density at radius 1 is 1.07 bits per heavy atom. The van der Waals surface area contributed by atoms with Gasteiger partial charge in [-0.25, -0.2) is 9.18 Å². The molecule has 2 rings (SSSR count). The van der Waals surface area contributed by atoms with E-state index in [4.69, 9.17) is 4.74 Å². The molecule has 1 amide bonds. The van der Waals surface area contributed by atoms with Crippen molar-refractivity contribution in [2.45, 2.75) is 39.5 Å². The first kappa shape index (κ1) is 21.1. The van der Waals surface area contributed by atoms with Crippen LogP contribution in [0, 0.1) is 5.82 Å². The summed E-state index contributed by atoms with van der Waals surface area (Å²) < 4.78 is 18.5. The van der Waals surface area contributed by atoms with E-state index in [0.717, 1.165) is 22.9 Å². The summed E-state index contributed by atoms with van der Waals surface area (Å²) in [6.45, 7) is 7.80. The first-order chi connectivity index (χ1) is 12.7. The molecule has 2 aromatic rings. The third-order valence-corrected chi connectivity index (χ3v) is 4.78. The maximum absolute atomic E-state index is 13.1. The fourth-order valence-electron chi connectivity index (χ4n) is 2.73. The molecular weight excluding hydrogens is 413 g/mol. The second kappa shape index (κ2) is 9.13. The molecule has 0 aliphatic heterocycles. The van der Waals surface area contributed by atoms with Crippen LogP contribution >= 0.6 is 15.9 Å². The summed E-state index contributed by atoms with van der Waals surface area (Å²) >= 11 is 3.12. The molecular formula is C21H23BrFNO3. The smallest absolute Gasteiger partial charge is 0.339 e. The number of halogens is 2. The van der Waals surface area contributed by atoms with Crippen LogP contribution in [0.4, 0.5) is 10.1 Å². The monoisotopic (exact) mass is 435 g/mol. The van der Waals surface area contributed by atoms with Gasteiger partial charge in [0, 0.05) is 10.2 Å². The van der Waals surface area contributed by atoms with Gasteiger partial charge in [-0.1, -0.05) is 45.9 Å². The van der Waals surface area contributed by atoms with Crippen LogP contribution in [0.3, 0.4) is 0 Å². The van der Waals surface area contributed by atoms with Gasteiger partial charge in [0.1, 0.15) is 5.82 Å². The third kappa shape index (κ3) is 5.39. The molecule has 27 heavy (non-hydrogen) atoms. The summed E-state index contributed by atoms with van der Waals surface area (Å²) in [4.78, 5) is 24.5. The van der Waals surface area contributed by atoms with Crippen LogP contribution in [-0.2, 0) is 9.53 Å². The second-order valence-electron chi connectivity index (χ2n) is 6.87. The minimum Gasteiger partial charge on any atom is -0.452 e. The van der Waals surface area contributed by atoms with Gasteiger partial charge >= 0.3 is 5.97 Å². The van der Waals surface area contributed by atoms with Crippen molar-refractivity contribution in [2.24, 2.45) is 0 Å². The Balaban J connectivity index is 2.11. The van der Waals surface area contributed by atoms with Crippen molar-refractivity contribution in [3.05, 3.63) is 63.4 Å². The Morgan fingerprint density at radius 3 is 2.19 bits per heavy atom. The van der Waals surface area contributed by atoms with Crippen LogP contribution in [-0.4, -0.2) is 18.5 Å². The third-order valence-electron chi connectivity index (χ3n) is 4.12. The van der Waals surface area contributed by atoms with E-state index in [1.807, 2.05) is 18.2 Å². The van der Waals surface area contributed by atoms with Crippen molar-refractivity contribution in [1.29, 1.82) is 0 Å². The Morgan fingerprint density at radius 2 is 1.67 bits per heavy atom. The van der Waals surface area contributed by atoms with Crippen LogP contribution < -0.4 is 5.32 Å². The van der Waals surface area contributed by atoms with Gasteiger partial charge < -0.3 is 10.1 Å². The number of rotatable bonds is 6. The van der Waals surface area contributed by atoms with Crippen LogP contribution in [0.15, 0.2) is 40.9 Å². The van der Waals surface area contributed by atoms with Gasteiger partial charge in [-0.2, -0.15) is 0 Å². The molecule has 0 aromatic heterocycles. The average Bonchev–Trinajstić information content (AvgIpc) is 2.59. The molecule has 0 aliphatic rings. The maximum atomic E-state index is 13.1. The Hall–Kier alpha value is -2.21. The van der Waals surface area contributed by atoms with Gasteiger partial charge in [0.25, 0.3) is 5.91 Å². The fourth-order valence-corrected chi connectivity index (χ4v) is 3.25. The standard InChI is InChI=1S/C21H23BrFNO3/c1-12(2)15-6-5-7-16(13(3)4)20(15)24-19(25)11-27-21(26)17-9-8-14(23)10-18(17)22/h5-10,12-13H,11H2,1-4H3,(H,24,25). The zero-order chi connectivity index (χ0) is 20.1. The number of esters is 1. The summed E-state index contributed by atoms with van der Waals surface area (Å²) in [5.41, 5.74) is 2.99. The van der Waals surface area contributed by atoms with Crippen LogP contribution in [0.1, 0.15) is 61.0 Å². The normalized spacial score (nSPS) is 11.0. The van der Waals surface area contributed by atoms with E-state index >= 15 is 0 Å². The maximum Gasteiger partial charge on any atom is 0.339 e. The zero-order valence-electron chi connectivity index (χ0n) is 15.8. The number of hydrogen-bond acceptors (Lipinski definition) is 3. The molecule has 0 unspecified atom stereocenters. The van der Waals surface area contributed by atoms with Gasteiger partial charge in [0.05, 0.1) is 5.56 Å². The minimum absolute atomic E-state index is 0.162. The lowest BCUT2D eigenvalue weighted by molar-refractivity contribution is -0.119. The summed E-state index contributed by atoms with van der Waals surface area (Å²) in [5.74, 6) is -1.12. The van der Waals surface area contributed by atoms with E-state index in [-0.39, 0.29) is 21.9 Å². The molecule has 1 N–H and O–H groups in total. The Bertz CT molecular complexity index is 823. The van der Waals surface area contributed by atoms with Crippen molar-refractivity contribution < 1.29 is 18.7 Å². The highest BCUT2D eigenvalue weighted by Gasteiger charge is 2.18. The molecule has 0 bridgehead atoms. The lowest BCUT2D eigenvalue weighted by Gasteiger charge is -2.20. The molecule has 6 heteroatoms. The summed E-state index contributed by atoms with van der Waals surface area (Å²) in [5, 5.41) is 2.88. The van der Waals surface area contributed by atoms with Gasteiger partial charge in [-0.3, -0.25) is 4.79 Å². The first-order valence-corrected chi connectivity index (χ1v) is 9.54. The molecule has 0 heterocycles. The van der Waals surface area contributed by atoms with Gasteiger partial charge in [0.2, 0.25) is 0 Å². The second-order valence-corrected chi connectivity index (χ2v) is 7.72. The van der Waals surface area contributed by atoms with Crippen LogP contribution in [0.2, 0.25) is 0 Å². The van der Waals surface area contributed by atoms with Crippen molar-refractivity contribution >= 4 is 33.5 Å². The minimum atomic E-state index is -0.696.